The summed E-state index contributed by atoms with van der Waals surface area (Å²) in [6.07, 6.45) is 12.6. The van der Waals surface area contributed by atoms with Gasteiger partial charge in [0, 0.05) is 24.2 Å². The highest BCUT2D eigenvalue weighted by Crippen LogP contribution is 2.21. The number of halogens is 1. The number of allylic oxidation sites excluding steroid dienone is 5. The second-order valence-corrected chi connectivity index (χ2v) is 5.01. The van der Waals surface area contributed by atoms with Gasteiger partial charge in [-0.1, -0.05) is 30.9 Å². The number of hydrogen-bond donors (Lipinski definition) is 1. The Morgan fingerprint density at radius 2 is 2.35 bits per heavy atom. The molecule has 17 heavy (non-hydrogen) atoms. The molecule has 2 nitrogen and oxygen atoms in total. The van der Waals surface area contributed by atoms with Crippen molar-refractivity contribution in [2.24, 2.45) is 0 Å². The highest BCUT2D eigenvalue weighted by molar-refractivity contribution is 14.1. The molecule has 2 aromatic heterocycles. The van der Waals surface area contributed by atoms with Crippen LogP contribution in [-0.2, 0) is 6.42 Å². The first-order chi connectivity index (χ1) is 8.31. The Labute approximate surface area is 114 Å². The Hall–Kier alpha value is -1.36. The third-order valence-corrected chi connectivity index (χ3v) is 3.16. The lowest BCUT2D eigenvalue weighted by molar-refractivity contribution is 1.27. The van der Waals surface area contributed by atoms with Crippen LogP contribution >= 0.6 is 22.6 Å². The van der Waals surface area contributed by atoms with Crippen LogP contribution < -0.4 is 0 Å². The number of H-pyrrole nitrogens is 1. The van der Waals surface area contributed by atoms with Crippen LogP contribution in [0.3, 0.4) is 0 Å². The quantitative estimate of drug-likeness (QED) is 0.659. The average molecular weight is 336 g/mol. The molecule has 0 amide bonds. The van der Waals surface area contributed by atoms with Gasteiger partial charge < -0.3 is 4.98 Å². The molecule has 0 aliphatic carbocycles. The van der Waals surface area contributed by atoms with Gasteiger partial charge in [-0.3, -0.25) is 0 Å². The van der Waals surface area contributed by atoms with E-state index in [1.165, 1.54) is 14.5 Å². The van der Waals surface area contributed by atoms with Crippen LogP contribution in [0.1, 0.15) is 5.56 Å². The highest BCUT2D eigenvalue weighted by atomic mass is 127. The van der Waals surface area contributed by atoms with Crippen LogP contribution in [0.2, 0.25) is 0 Å². The normalized spacial score (nSPS) is 12.4. The molecule has 0 spiro atoms. The summed E-state index contributed by atoms with van der Waals surface area (Å²) in [5.74, 6) is 0. The zero-order valence-corrected chi connectivity index (χ0v) is 11.5. The Kier molecular flexibility index (Phi) is 4.14. The number of pyridine rings is 1. The van der Waals surface area contributed by atoms with Gasteiger partial charge in [0.15, 0.2) is 0 Å². The summed E-state index contributed by atoms with van der Waals surface area (Å²) < 4.78 is 1.28. The van der Waals surface area contributed by atoms with Gasteiger partial charge in [-0.05, 0) is 43.9 Å². The molecule has 2 aromatic rings. The van der Waals surface area contributed by atoms with E-state index in [0.29, 0.717) is 0 Å². The van der Waals surface area contributed by atoms with Crippen molar-refractivity contribution in [3.8, 4) is 0 Å². The first-order valence-corrected chi connectivity index (χ1v) is 6.44. The van der Waals surface area contributed by atoms with Crippen molar-refractivity contribution in [2.45, 2.75) is 6.42 Å². The molecule has 0 bridgehead atoms. The van der Waals surface area contributed by atoms with Gasteiger partial charge in [0.25, 0.3) is 0 Å². The van der Waals surface area contributed by atoms with Crippen molar-refractivity contribution in [3.63, 3.8) is 0 Å². The van der Waals surface area contributed by atoms with Gasteiger partial charge in [-0.2, -0.15) is 0 Å². The molecule has 0 aromatic carbocycles. The van der Waals surface area contributed by atoms with Crippen LogP contribution in [-0.4, -0.2) is 9.97 Å². The molecule has 86 valence electrons. The van der Waals surface area contributed by atoms with Crippen LogP contribution in [0, 0.1) is 0 Å². The van der Waals surface area contributed by atoms with Crippen LogP contribution in [0.5, 0.6) is 0 Å². The third-order valence-electron chi connectivity index (χ3n) is 2.42. The van der Waals surface area contributed by atoms with Gasteiger partial charge in [-0.15, -0.1) is 0 Å². The molecule has 0 fully saturated rings. The monoisotopic (exact) mass is 336 g/mol. The van der Waals surface area contributed by atoms with Crippen LogP contribution in [0.4, 0.5) is 0 Å². The van der Waals surface area contributed by atoms with E-state index >= 15 is 0 Å². The Morgan fingerprint density at radius 1 is 1.47 bits per heavy atom. The zero-order valence-electron chi connectivity index (χ0n) is 9.36. The van der Waals surface area contributed by atoms with Gasteiger partial charge in [0.05, 0.1) is 0 Å². The topological polar surface area (TPSA) is 28.7 Å². The number of aromatic amines is 1. The molecule has 0 saturated heterocycles. The predicted octanol–water partition coefficient (Wildman–Crippen LogP) is 4.17. The summed E-state index contributed by atoms with van der Waals surface area (Å²) in [6, 6.07) is 4.06. The summed E-state index contributed by atoms with van der Waals surface area (Å²) in [4.78, 5) is 7.46. The van der Waals surface area contributed by atoms with Crippen molar-refractivity contribution >= 4 is 33.6 Å². The Balaban J connectivity index is 2.21. The minimum atomic E-state index is 0.924. The molecule has 2 heterocycles. The number of aromatic nitrogens is 2. The summed E-state index contributed by atoms with van der Waals surface area (Å²) in [6.45, 7) is 3.64. The number of nitrogens with one attached hydrogen (secondary N) is 1. The van der Waals surface area contributed by atoms with E-state index in [4.69, 9.17) is 0 Å². The van der Waals surface area contributed by atoms with Crippen molar-refractivity contribution in [1.82, 2.24) is 9.97 Å². The molecule has 0 saturated carbocycles. The maximum Gasteiger partial charge on any atom is 0.137 e. The predicted molar refractivity (Wildman–Crippen MR) is 81.2 cm³/mol. The molecule has 0 unspecified atom stereocenters. The fourth-order valence-corrected chi connectivity index (χ4v) is 2.26. The lowest BCUT2D eigenvalue weighted by Gasteiger charge is -1.97. The minimum Gasteiger partial charge on any atom is -0.346 e. The van der Waals surface area contributed by atoms with E-state index in [2.05, 4.69) is 51.3 Å². The van der Waals surface area contributed by atoms with Crippen molar-refractivity contribution in [2.75, 3.05) is 0 Å². The Bertz CT molecular complexity index is 579. The average Bonchev–Trinajstić information content (AvgIpc) is 2.73. The number of nitrogens with zero attached hydrogens (tertiary/aromatic N) is 1. The number of fused-ring (bicyclic) bond motifs is 1. The largest absolute Gasteiger partial charge is 0.346 e. The summed E-state index contributed by atoms with van der Waals surface area (Å²) in [7, 11) is 0. The minimum absolute atomic E-state index is 0.924. The van der Waals surface area contributed by atoms with Gasteiger partial charge >= 0.3 is 0 Å². The molecular weight excluding hydrogens is 323 g/mol. The second-order valence-electron chi connectivity index (χ2n) is 3.62. The van der Waals surface area contributed by atoms with Crippen LogP contribution in [0.25, 0.3) is 11.0 Å². The van der Waals surface area contributed by atoms with E-state index in [0.717, 1.165) is 12.1 Å². The SMILES string of the molecule is C=C/C=C\C=C(/I)Cc1c[nH]c2ncccc12. The van der Waals surface area contributed by atoms with E-state index in [1.807, 2.05) is 24.4 Å². The van der Waals surface area contributed by atoms with E-state index in [9.17, 15) is 0 Å². The smallest absolute Gasteiger partial charge is 0.137 e. The zero-order chi connectivity index (χ0) is 12.1. The van der Waals surface area contributed by atoms with Crippen molar-refractivity contribution in [3.05, 3.63) is 64.6 Å². The maximum atomic E-state index is 4.28. The summed E-state index contributed by atoms with van der Waals surface area (Å²) in [5.41, 5.74) is 2.23. The maximum absolute atomic E-state index is 4.28. The third kappa shape index (κ3) is 3.06. The van der Waals surface area contributed by atoms with Crippen molar-refractivity contribution in [1.29, 1.82) is 0 Å². The molecule has 3 heteroatoms. The number of hydrogen-bond acceptors (Lipinski definition) is 1. The standard InChI is InChI=1S/C14H13IN2/c1-2-3-4-6-12(15)9-11-10-17-14-13(11)7-5-8-16-14/h2-8,10H,1,9H2,(H,16,17)/b4-3-,12-6-. The van der Waals surface area contributed by atoms with E-state index in [1.54, 1.807) is 12.3 Å². The highest BCUT2D eigenvalue weighted by Gasteiger charge is 2.04. The lowest BCUT2D eigenvalue weighted by Crippen LogP contribution is -1.82. The molecule has 0 aliphatic heterocycles. The number of rotatable bonds is 4. The molecular formula is C14H13IN2. The fraction of sp³-hybridized carbons (Fsp3) is 0.0714. The summed E-state index contributed by atoms with van der Waals surface area (Å²) >= 11 is 2.36. The van der Waals surface area contributed by atoms with Crippen LogP contribution in [0.15, 0.2) is 59.0 Å². The van der Waals surface area contributed by atoms with Gasteiger partial charge in [0.2, 0.25) is 0 Å². The molecule has 2 rings (SSSR count). The van der Waals surface area contributed by atoms with Gasteiger partial charge in [-0.25, -0.2) is 4.98 Å². The van der Waals surface area contributed by atoms with Gasteiger partial charge in [0.1, 0.15) is 5.65 Å². The van der Waals surface area contributed by atoms with Crippen molar-refractivity contribution < 1.29 is 0 Å². The molecule has 0 atom stereocenters. The fourth-order valence-electron chi connectivity index (χ4n) is 1.64. The molecule has 0 radical (unpaired) electrons. The lowest BCUT2D eigenvalue weighted by atomic mass is 10.1. The first kappa shape index (κ1) is 12.1. The molecule has 1 N–H and O–H groups in total. The summed E-state index contributed by atoms with van der Waals surface area (Å²) in [5, 5.41) is 1.20. The van der Waals surface area contributed by atoms with E-state index in [-0.39, 0.29) is 0 Å². The Morgan fingerprint density at radius 3 is 3.18 bits per heavy atom. The van der Waals surface area contributed by atoms with E-state index < -0.39 is 0 Å². The second kappa shape index (κ2) is 5.82. The first-order valence-electron chi connectivity index (χ1n) is 5.36. The molecule has 0 aliphatic rings.